The molecule has 1 aliphatic carbocycles. The maximum Gasteiger partial charge on any atom is 0.410 e. The van der Waals surface area contributed by atoms with E-state index in [1.54, 1.807) is 4.90 Å². The molecule has 2 amide bonds. The zero-order valence-corrected chi connectivity index (χ0v) is 15.8. The highest BCUT2D eigenvalue weighted by Crippen LogP contribution is 2.54. The molecule has 1 saturated carbocycles. The van der Waals surface area contributed by atoms with Crippen LogP contribution in [0.1, 0.15) is 45.6 Å². The van der Waals surface area contributed by atoms with Gasteiger partial charge in [0.05, 0.1) is 6.04 Å². The van der Waals surface area contributed by atoms with Crippen molar-refractivity contribution in [3.63, 3.8) is 0 Å². The molecular formula is C20H28N2O4. The van der Waals surface area contributed by atoms with Crippen LogP contribution in [-0.4, -0.2) is 41.8 Å². The summed E-state index contributed by atoms with van der Waals surface area (Å²) in [6, 6.07) is 9.50. The van der Waals surface area contributed by atoms with Gasteiger partial charge in [-0.15, -0.1) is 0 Å². The van der Waals surface area contributed by atoms with Gasteiger partial charge in [0.2, 0.25) is 0 Å². The molecule has 6 nitrogen and oxygen atoms in total. The molecule has 1 spiro atoms. The average Bonchev–Trinajstić information content (AvgIpc) is 3.22. The van der Waals surface area contributed by atoms with E-state index < -0.39 is 11.7 Å². The first kappa shape index (κ1) is 18.5. The van der Waals surface area contributed by atoms with Crippen LogP contribution in [0.25, 0.3) is 0 Å². The molecule has 1 aromatic rings. The van der Waals surface area contributed by atoms with Gasteiger partial charge in [-0.05, 0) is 51.0 Å². The molecule has 26 heavy (non-hydrogen) atoms. The molecule has 0 radical (unpaired) electrons. The lowest BCUT2D eigenvalue weighted by atomic mass is 10.0. The van der Waals surface area contributed by atoms with Crippen molar-refractivity contribution in [2.45, 2.75) is 58.3 Å². The predicted octanol–water partition coefficient (Wildman–Crippen LogP) is 3.70. The van der Waals surface area contributed by atoms with Crippen molar-refractivity contribution in [3.05, 3.63) is 35.9 Å². The molecule has 0 aromatic heterocycles. The summed E-state index contributed by atoms with van der Waals surface area (Å²) < 4.78 is 10.8. The van der Waals surface area contributed by atoms with Crippen molar-refractivity contribution in [3.8, 4) is 0 Å². The van der Waals surface area contributed by atoms with Gasteiger partial charge in [0.1, 0.15) is 12.2 Å². The zero-order chi connectivity index (χ0) is 18.8. The molecule has 6 heteroatoms. The van der Waals surface area contributed by atoms with Gasteiger partial charge in [-0.1, -0.05) is 30.3 Å². The standard InChI is InChI=1S/C20H28N2O4/c1-19(2,3)26-18(24)22-14-20(9-10-20)11-16(22)12-21-17(23)25-13-15-7-5-4-6-8-15/h4-8,16H,9-14H2,1-3H3,(H,21,23). The van der Waals surface area contributed by atoms with E-state index in [1.165, 1.54) is 0 Å². The maximum absolute atomic E-state index is 12.5. The van der Waals surface area contributed by atoms with Gasteiger partial charge in [0.15, 0.2) is 0 Å². The maximum atomic E-state index is 12.5. The van der Waals surface area contributed by atoms with Gasteiger partial charge < -0.3 is 19.7 Å². The summed E-state index contributed by atoms with van der Waals surface area (Å²) in [4.78, 5) is 26.3. The van der Waals surface area contributed by atoms with Crippen LogP contribution in [0.5, 0.6) is 0 Å². The van der Waals surface area contributed by atoms with E-state index >= 15 is 0 Å². The molecule has 3 rings (SSSR count). The molecule has 1 heterocycles. The summed E-state index contributed by atoms with van der Waals surface area (Å²) in [6.45, 7) is 6.92. The number of benzene rings is 1. The first-order chi connectivity index (χ1) is 12.3. The number of rotatable bonds is 4. The van der Waals surface area contributed by atoms with Crippen molar-refractivity contribution in [1.29, 1.82) is 0 Å². The van der Waals surface area contributed by atoms with E-state index in [0.29, 0.717) is 13.1 Å². The van der Waals surface area contributed by atoms with Crippen LogP contribution >= 0.6 is 0 Å². The second-order valence-electron chi connectivity index (χ2n) is 8.41. The Kier molecular flexibility index (Phi) is 5.12. The second-order valence-corrected chi connectivity index (χ2v) is 8.41. The van der Waals surface area contributed by atoms with E-state index in [2.05, 4.69) is 5.32 Å². The van der Waals surface area contributed by atoms with Crippen LogP contribution < -0.4 is 5.32 Å². The highest BCUT2D eigenvalue weighted by molar-refractivity contribution is 5.70. The highest BCUT2D eigenvalue weighted by Gasteiger charge is 2.53. The number of nitrogens with one attached hydrogen (secondary N) is 1. The second kappa shape index (κ2) is 7.17. The Balaban J connectivity index is 1.50. The molecule has 1 unspecified atom stereocenters. The minimum atomic E-state index is -0.525. The Morgan fingerprint density at radius 3 is 2.54 bits per heavy atom. The number of hydrogen-bond donors (Lipinski definition) is 1. The first-order valence-electron chi connectivity index (χ1n) is 9.21. The lowest BCUT2D eigenvalue weighted by Crippen LogP contribution is -2.45. The Morgan fingerprint density at radius 2 is 1.92 bits per heavy atom. The number of likely N-dealkylation sites (tertiary alicyclic amines) is 1. The third-order valence-electron chi connectivity index (χ3n) is 4.90. The average molecular weight is 360 g/mol. The number of alkyl carbamates (subject to hydrolysis) is 1. The van der Waals surface area contributed by atoms with E-state index in [4.69, 9.17) is 9.47 Å². The van der Waals surface area contributed by atoms with E-state index in [0.717, 1.165) is 24.8 Å². The van der Waals surface area contributed by atoms with Gasteiger partial charge in [-0.2, -0.15) is 0 Å². The van der Waals surface area contributed by atoms with Crippen molar-refractivity contribution in [2.24, 2.45) is 5.41 Å². The fourth-order valence-electron chi connectivity index (χ4n) is 3.40. The number of carbonyl (C=O) groups excluding carboxylic acids is 2. The molecule has 0 bridgehead atoms. The molecule has 1 N–H and O–H groups in total. The van der Waals surface area contributed by atoms with Gasteiger partial charge in [-0.3, -0.25) is 0 Å². The number of ether oxygens (including phenoxy) is 2. The third-order valence-corrected chi connectivity index (χ3v) is 4.90. The van der Waals surface area contributed by atoms with Crippen LogP contribution in [0.4, 0.5) is 9.59 Å². The van der Waals surface area contributed by atoms with Crippen molar-refractivity contribution < 1.29 is 19.1 Å². The van der Waals surface area contributed by atoms with Gasteiger partial charge in [-0.25, -0.2) is 9.59 Å². The highest BCUT2D eigenvalue weighted by atomic mass is 16.6. The largest absolute Gasteiger partial charge is 0.445 e. The summed E-state index contributed by atoms with van der Waals surface area (Å²) in [5.41, 5.74) is 0.649. The van der Waals surface area contributed by atoms with E-state index in [9.17, 15) is 9.59 Å². The number of carbonyl (C=O) groups is 2. The SMILES string of the molecule is CC(C)(C)OC(=O)N1CC2(CC2)CC1CNC(=O)OCc1ccccc1. The number of hydrogen-bond acceptors (Lipinski definition) is 4. The normalized spacial score (nSPS) is 20.7. The monoisotopic (exact) mass is 360 g/mol. The van der Waals surface area contributed by atoms with E-state index in [1.807, 2.05) is 51.1 Å². The van der Waals surface area contributed by atoms with Crippen molar-refractivity contribution in [1.82, 2.24) is 10.2 Å². The fourth-order valence-corrected chi connectivity index (χ4v) is 3.40. The smallest absolute Gasteiger partial charge is 0.410 e. The summed E-state index contributed by atoms with van der Waals surface area (Å²) >= 11 is 0. The Labute approximate surface area is 154 Å². The van der Waals surface area contributed by atoms with Gasteiger partial charge in [0, 0.05) is 13.1 Å². The quantitative estimate of drug-likeness (QED) is 0.889. The Bertz CT molecular complexity index is 650. The summed E-state index contributed by atoms with van der Waals surface area (Å²) in [6.07, 6.45) is 2.42. The molecule has 1 aromatic carbocycles. The van der Waals surface area contributed by atoms with E-state index in [-0.39, 0.29) is 24.2 Å². The van der Waals surface area contributed by atoms with Crippen LogP contribution in [0.15, 0.2) is 30.3 Å². The minimum Gasteiger partial charge on any atom is -0.445 e. The van der Waals surface area contributed by atoms with Crippen molar-refractivity contribution >= 4 is 12.2 Å². The van der Waals surface area contributed by atoms with Crippen LogP contribution in [-0.2, 0) is 16.1 Å². The fraction of sp³-hybridized carbons (Fsp3) is 0.600. The Hall–Kier alpha value is -2.24. The lowest BCUT2D eigenvalue weighted by Gasteiger charge is -2.28. The molecule has 1 aliphatic heterocycles. The van der Waals surface area contributed by atoms with Gasteiger partial charge in [0.25, 0.3) is 0 Å². The minimum absolute atomic E-state index is 0.0448. The zero-order valence-electron chi connectivity index (χ0n) is 15.8. The topological polar surface area (TPSA) is 67.9 Å². The molecule has 2 fully saturated rings. The summed E-state index contributed by atoms with van der Waals surface area (Å²) in [5.74, 6) is 0. The molecule has 1 saturated heterocycles. The Morgan fingerprint density at radius 1 is 1.23 bits per heavy atom. The molecule has 1 atom stereocenters. The summed E-state index contributed by atoms with van der Waals surface area (Å²) in [7, 11) is 0. The molecular weight excluding hydrogens is 332 g/mol. The predicted molar refractivity (Wildman–Crippen MR) is 97.6 cm³/mol. The number of nitrogens with zero attached hydrogens (tertiary/aromatic N) is 1. The van der Waals surface area contributed by atoms with Gasteiger partial charge >= 0.3 is 12.2 Å². The molecule has 142 valence electrons. The van der Waals surface area contributed by atoms with Crippen LogP contribution in [0.2, 0.25) is 0 Å². The third kappa shape index (κ3) is 4.90. The van der Waals surface area contributed by atoms with Crippen LogP contribution in [0, 0.1) is 5.41 Å². The lowest BCUT2D eigenvalue weighted by molar-refractivity contribution is 0.0218. The van der Waals surface area contributed by atoms with Crippen LogP contribution in [0.3, 0.4) is 0 Å². The first-order valence-corrected chi connectivity index (χ1v) is 9.21. The summed E-state index contributed by atoms with van der Waals surface area (Å²) in [5, 5.41) is 2.80. The molecule has 2 aliphatic rings. The van der Waals surface area contributed by atoms with Crippen molar-refractivity contribution in [2.75, 3.05) is 13.1 Å². The number of amides is 2.